The fourth-order valence-electron chi connectivity index (χ4n) is 1.24. The van der Waals surface area contributed by atoms with Gasteiger partial charge in [0.05, 0.1) is 11.5 Å². The van der Waals surface area contributed by atoms with Crippen molar-refractivity contribution in [1.29, 1.82) is 0 Å². The van der Waals surface area contributed by atoms with Gasteiger partial charge in [-0.1, -0.05) is 43.2 Å². The molecule has 0 aromatic carbocycles. The third kappa shape index (κ3) is 9.93. The van der Waals surface area contributed by atoms with Crippen LogP contribution in [-0.2, 0) is 0 Å². The third-order valence-electron chi connectivity index (χ3n) is 2.21. The first-order valence-corrected chi connectivity index (χ1v) is 6.39. The summed E-state index contributed by atoms with van der Waals surface area (Å²) in [4.78, 5) is 0. The first-order valence-electron chi connectivity index (χ1n) is 5.95. The van der Waals surface area contributed by atoms with Crippen LogP contribution in [-0.4, -0.2) is 16.6 Å². The Morgan fingerprint density at radius 2 is 1.88 bits per heavy atom. The van der Waals surface area contributed by atoms with Gasteiger partial charge in [-0.3, -0.25) is 0 Å². The second-order valence-corrected chi connectivity index (χ2v) is 4.27. The first-order chi connectivity index (χ1) is 8.22. The summed E-state index contributed by atoms with van der Waals surface area (Å²) in [5.41, 5.74) is 0. The summed E-state index contributed by atoms with van der Waals surface area (Å²) < 4.78 is 0. The number of hydrogen-bond donors (Lipinski definition) is 1. The highest BCUT2D eigenvalue weighted by atomic mass is 35.5. The Kier molecular flexibility index (Phi) is 10.9. The van der Waals surface area contributed by atoms with Crippen LogP contribution >= 0.6 is 11.6 Å². The summed E-state index contributed by atoms with van der Waals surface area (Å²) in [5.74, 6) is 2.38. The van der Waals surface area contributed by atoms with E-state index in [0.29, 0.717) is 12.8 Å². The highest BCUT2D eigenvalue weighted by molar-refractivity contribution is 6.21. The monoisotopic (exact) mass is 252 g/mol. The molecule has 0 aliphatic carbocycles. The van der Waals surface area contributed by atoms with Crippen molar-refractivity contribution in [2.45, 2.75) is 44.1 Å². The zero-order chi connectivity index (χ0) is 12.9. The van der Waals surface area contributed by atoms with E-state index in [1.165, 1.54) is 0 Å². The molecule has 0 fully saturated rings. The average Bonchev–Trinajstić information content (AvgIpc) is 2.33. The molecule has 0 aromatic heterocycles. The molecule has 0 bridgehead atoms. The quantitative estimate of drug-likeness (QED) is 0.395. The molecule has 94 valence electrons. The van der Waals surface area contributed by atoms with Gasteiger partial charge in [-0.2, -0.15) is 0 Å². The molecule has 2 atom stereocenters. The fourth-order valence-corrected chi connectivity index (χ4v) is 1.45. The smallest absolute Gasteiger partial charge is 0.0741 e. The van der Waals surface area contributed by atoms with Gasteiger partial charge in [0.25, 0.3) is 0 Å². The Balaban J connectivity index is 3.77. The molecule has 0 amide bonds. The van der Waals surface area contributed by atoms with Crippen LogP contribution in [0.3, 0.4) is 0 Å². The minimum absolute atomic E-state index is 0.260. The van der Waals surface area contributed by atoms with E-state index in [4.69, 9.17) is 18.0 Å². The molecule has 0 aromatic rings. The van der Waals surface area contributed by atoms with Gasteiger partial charge in [0.1, 0.15) is 0 Å². The zero-order valence-corrected chi connectivity index (χ0v) is 11.1. The van der Waals surface area contributed by atoms with Gasteiger partial charge in [-0.15, -0.1) is 18.0 Å². The van der Waals surface area contributed by atoms with E-state index in [0.717, 1.165) is 12.8 Å². The number of aliphatic hydroxyl groups excluding tert-OH is 1. The van der Waals surface area contributed by atoms with Gasteiger partial charge < -0.3 is 5.11 Å². The molecule has 0 aliphatic heterocycles. The van der Waals surface area contributed by atoms with E-state index in [9.17, 15) is 5.11 Å². The van der Waals surface area contributed by atoms with Gasteiger partial charge in [0, 0.05) is 0 Å². The van der Waals surface area contributed by atoms with Gasteiger partial charge in [-0.25, -0.2) is 0 Å². The maximum absolute atomic E-state index is 9.69. The van der Waals surface area contributed by atoms with Crippen molar-refractivity contribution < 1.29 is 5.11 Å². The van der Waals surface area contributed by atoms with Crippen LogP contribution in [0.15, 0.2) is 36.5 Å². The molecule has 1 nitrogen and oxygen atoms in total. The minimum atomic E-state index is -0.544. The molecular formula is C15H21ClO. The zero-order valence-electron chi connectivity index (χ0n) is 10.3. The molecule has 0 unspecified atom stereocenters. The Hall–Kier alpha value is -0.970. The summed E-state index contributed by atoms with van der Waals surface area (Å²) in [5, 5.41) is 9.43. The van der Waals surface area contributed by atoms with Crippen LogP contribution in [0.25, 0.3) is 0 Å². The molecule has 1 N–H and O–H groups in total. The van der Waals surface area contributed by atoms with Crippen LogP contribution in [0.5, 0.6) is 0 Å². The van der Waals surface area contributed by atoms with Crippen molar-refractivity contribution in [2.24, 2.45) is 0 Å². The number of halogens is 1. The maximum Gasteiger partial charge on any atom is 0.0741 e. The Morgan fingerprint density at radius 1 is 1.18 bits per heavy atom. The highest BCUT2D eigenvalue weighted by Crippen LogP contribution is 2.12. The van der Waals surface area contributed by atoms with E-state index in [1.807, 2.05) is 6.08 Å². The van der Waals surface area contributed by atoms with Gasteiger partial charge >= 0.3 is 0 Å². The molecule has 2 heteroatoms. The molecule has 0 radical (unpaired) electrons. The lowest BCUT2D eigenvalue weighted by molar-refractivity contribution is 0.172. The third-order valence-corrected chi connectivity index (χ3v) is 2.68. The normalized spacial score (nSPS) is 15.6. The number of allylic oxidation sites excluding steroid dienone is 5. The highest BCUT2D eigenvalue weighted by Gasteiger charge is 2.12. The molecule has 0 spiro atoms. The Bertz CT molecular complexity index is 297. The maximum atomic E-state index is 9.69. The second kappa shape index (κ2) is 11.5. The molecule has 0 saturated heterocycles. The number of alkyl halides is 1. The molecule has 0 heterocycles. The SMILES string of the molecule is C#C/C=C\C[C@@H](O)[C@H](Cl)C/C=C\C/C=C\CC. The first kappa shape index (κ1) is 16.0. The van der Waals surface area contributed by atoms with Gasteiger partial charge in [-0.05, 0) is 31.8 Å². The van der Waals surface area contributed by atoms with E-state index in [1.54, 1.807) is 12.2 Å². The number of terminal acetylenes is 1. The largest absolute Gasteiger partial charge is 0.391 e. The average molecular weight is 253 g/mol. The van der Waals surface area contributed by atoms with Crippen molar-refractivity contribution in [3.05, 3.63) is 36.5 Å². The van der Waals surface area contributed by atoms with E-state index in [-0.39, 0.29) is 5.38 Å². The summed E-state index contributed by atoms with van der Waals surface area (Å²) in [6.45, 7) is 2.11. The van der Waals surface area contributed by atoms with Crippen molar-refractivity contribution in [1.82, 2.24) is 0 Å². The van der Waals surface area contributed by atoms with Gasteiger partial charge in [0.15, 0.2) is 0 Å². The van der Waals surface area contributed by atoms with Crippen molar-refractivity contribution in [2.75, 3.05) is 0 Å². The van der Waals surface area contributed by atoms with E-state index >= 15 is 0 Å². The summed E-state index contributed by atoms with van der Waals surface area (Å²) >= 11 is 6.05. The molecular weight excluding hydrogens is 232 g/mol. The summed E-state index contributed by atoms with van der Waals surface area (Å²) in [7, 11) is 0. The van der Waals surface area contributed by atoms with Crippen LogP contribution in [0.4, 0.5) is 0 Å². The van der Waals surface area contributed by atoms with Crippen LogP contribution < -0.4 is 0 Å². The number of hydrogen-bond acceptors (Lipinski definition) is 1. The minimum Gasteiger partial charge on any atom is -0.391 e. The molecule has 0 saturated carbocycles. The van der Waals surface area contributed by atoms with E-state index < -0.39 is 6.10 Å². The molecule has 17 heavy (non-hydrogen) atoms. The summed E-state index contributed by atoms with van der Waals surface area (Å²) in [6, 6.07) is 0. The number of rotatable bonds is 8. The van der Waals surface area contributed by atoms with Gasteiger partial charge in [0.2, 0.25) is 0 Å². The van der Waals surface area contributed by atoms with Crippen molar-refractivity contribution >= 4 is 11.6 Å². The second-order valence-electron chi connectivity index (χ2n) is 3.71. The summed E-state index contributed by atoms with van der Waals surface area (Å²) in [6.07, 6.45) is 19.3. The predicted octanol–water partition coefficient (Wildman–Crippen LogP) is 3.84. The number of aliphatic hydroxyl groups is 1. The standard InChI is InChI=1S/C15H21ClO/c1-3-5-7-8-9-11-12-14(16)15(17)13-10-6-4-2/h2,5-7,9-11,14-15,17H,3,8,12-13H2,1H3/b7-5-,10-6-,11-9-/t14-,15-/m1/s1. The topological polar surface area (TPSA) is 20.2 Å². The fraction of sp³-hybridized carbons (Fsp3) is 0.467. The lowest BCUT2D eigenvalue weighted by atomic mass is 10.1. The lowest BCUT2D eigenvalue weighted by Gasteiger charge is -2.12. The van der Waals surface area contributed by atoms with Crippen LogP contribution in [0, 0.1) is 12.3 Å². The Labute approximate surface area is 110 Å². The van der Waals surface area contributed by atoms with Crippen LogP contribution in [0.1, 0.15) is 32.6 Å². The lowest BCUT2D eigenvalue weighted by Crippen LogP contribution is -2.19. The molecule has 0 aliphatic rings. The van der Waals surface area contributed by atoms with Crippen molar-refractivity contribution in [3.63, 3.8) is 0 Å². The van der Waals surface area contributed by atoms with E-state index in [2.05, 4.69) is 31.1 Å². The Morgan fingerprint density at radius 3 is 2.53 bits per heavy atom. The molecule has 0 rings (SSSR count). The van der Waals surface area contributed by atoms with Crippen LogP contribution in [0.2, 0.25) is 0 Å². The van der Waals surface area contributed by atoms with Crippen molar-refractivity contribution in [3.8, 4) is 12.3 Å². The predicted molar refractivity (Wildman–Crippen MR) is 76.0 cm³/mol.